The molecule has 1 aliphatic carbocycles. The third-order valence-electron chi connectivity index (χ3n) is 8.66. The number of hydrogen-bond donors (Lipinski definition) is 2. The Kier molecular flexibility index (Phi) is 7.95. The molecule has 200 valence electrons. The van der Waals surface area contributed by atoms with Gasteiger partial charge in [-0.25, -0.2) is 0 Å². The standard InChI is InChI=1S/C29H40N4O4/c1-2-3-16-33-27(35)25(26(34)22-12-8-5-9-13-22)30-28(36)29(33)14-17-32(18-15-29)20-23-19-24(31-37-23)21-10-6-4-7-11-21/h4,6-7,10-11,19,22,25-26,34H,2-3,5,8-9,12-18,20H2,1H3,(H,30,36)/t25-,26-/m1/s1. The van der Waals surface area contributed by atoms with Gasteiger partial charge in [0.25, 0.3) is 0 Å². The fraction of sp³-hybridized carbons (Fsp3) is 0.621. The van der Waals surface area contributed by atoms with Crippen LogP contribution in [0.1, 0.15) is 70.5 Å². The number of hydrogen-bond acceptors (Lipinski definition) is 6. The van der Waals surface area contributed by atoms with E-state index in [2.05, 4.69) is 22.3 Å². The molecule has 0 unspecified atom stereocenters. The number of unbranched alkanes of at least 4 members (excludes halogenated alkanes) is 1. The molecule has 2 aromatic rings. The zero-order chi connectivity index (χ0) is 25.8. The second-order valence-corrected chi connectivity index (χ2v) is 11.0. The normalized spacial score (nSPS) is 23.8. The van der Waals surface area contributed by atoms with Crippen LogP contribution in [0.2, 0.25) is 0 Å². The van der Waals surface area contributed by atoms with Crippen molar-refractivity contribution in [2.45, 2.75) is 88.9 Å². The molecule has 2 atom stereocenters. The van der Waals surface area contributed by atoms with Crippen molar-refractivity contribution < 1.29 is 19.2 Å². The largest absolute Gasteiger partial charge is 0.390 e. The molecule has 3 heterocycles. The number of piperazine rings is 1. The molecule has 1 saturated carbocycles. The predicted octanol–water partition coefficient (Wildman–Crippen LogP) is 3.74. The molecule has 37 heavy (non-hydrogen) atoms. The fourth-order valence-electron chi connectivity index (χ4n) is 6.39. The summed E-state index contributed by atoms with van der Waals surface area (Å²) in [4.78, 5) is 31.5. The maximum absolute atomic E-state index is 13.8. The van der Waals surface area contributed by atoms with Gasteiger partial charge in [0.15, 0.2) is 5.76 Å². The third-order valence-corrected chi connectivity index (χ3v) is 8.66. The quantitative estimate of drug-likeness (QED) is 0.564. The summed E-state index contributed by atoms with van der Waals surface area (Å²) in [6.45, 7) is 4.63. The smallest absolute Gasteiger partial charge is 0.248 e. The van der Waals surface area contributed by atoms with Crippen molar-refractivity contribution in [2.75, 3.05) is 19.6 Å². The molecule has 2 amide bonds. The number of likely N-dealkylation sites (tertiary alicyclic amines) is 1. The SMILES string of the molecule is CCCCN1C(=O)[C@@H]([C@H](O)C2CCCCC2)NC(=O)C12CCN(Cc1cc(-c3ccccc3)no1)CC2. The maximum atomic E-state index is 13.8. The van der Waals surface area contributed by atoms with E-state index < -0.39 is 17.7 Å². The number of aromatic nitrogens is 1. The summed E-state index contributed by atoms with van der Waals surface area (Å²) < 4.78 is 5.61. The third kappa shape index (κ3) is 5.32. The lowest BCUT2D eigenvalue weighted by Gasteiger charge is -2.52. The molecule has 1 aromatic carbocycles. The molecule has 5 rings (SSSR count). The van der Waals surface area contributed by atoms with Gasteiger partial charge in [0.2, 0.25) is 11.8 Å². The number of piperidine rings is 1. The Morgan fingerprint density at radius 3 is 2.57 bits per heavy atom. The minimum atomic E-state index is -0.845. The van der Waals surface area contributed by atoms with Crippen LogP contribution in [0, 0.1) is 5.92 Å². The highest BCUT2D eigenvalue weighted by molar-refractivity contribution is 6.00. The highest BCUT2D eigenvalue weighted by atomic mass is 16.5. The fourth-order valence-corrected chi connectivity index (χ4v) is 6.39. The van der Waals surface area contributed by atoms with Crippen LogP contribution < -0.4 is 5.32 Å². The second kappa shape index (κ2) is 11.4. The number of carbonyl (C=O) groups is 2. The molecule has 8 nitrogen and oxygen atoms in total. The highest BCUT2D eigenvalue weighted by Gasteiger charge is 2.55. The van der Waals surface area contributed by atoms with Gasteiger partial charge in [-0.1, -0.05) is 68.1 Å². The average molecular weight is 509 g/mol. The van der Waals surface area contributed by atoms with Crippen LogP contribution in [0.3, 0.4) is 0 Å². The van der Waals surface area contributed by atoms with Crippen molar-refractivity contribution in [3.8, 4) is 11.3 Å². The molecule has 0 radical (unpaired) electrons. The van der Waals surface area contributed by atoms with Crippen molar-refractivity contribution in [1.29, 1.82) is 0 Å². The van der Waals surface area contributed by atoms with Crippen LogP contribution in [-0.2, 0) is 16.1 Å². The molecular weight excluding hydrogens is 468 g/mol. The summed E-state index contributed by atoms with van der Waals surface area (Å²) in [6, 6.07) is 11.1. The molecule has 2 N–H and O–H groups in total. The van der Waals surface area contributed by atoms with Gasteiger partial charge in [0, 0.05) is 31.3 Å². The lowest BCUT2D eigenvalue weighted by atomic mass is 9.78. The summed E-state index contributed by atoms with van der Waals surface area (Å²) in [5, 5.41) is 18.3. The first-order valence-corrected chi connectivity index (χ1v) is 14.1. The predicted molar refractivity (Wildman–Crippen MR) is 140 cm³/mol. The molecule has 3 fully saturated rings. The number of nitrogens with zero attached hydrogens (tertiary/aromatic N) is 3. The molecule has 3 aliphatic rings. The van der Waals surface area contributed by atoms with Gasteiger partial charge >= 0.3 is 0 Å². The molecule has 1 spiro atoms. The van der Waals surface area contributed by atoms with Crippen LogP contribution in [0.5, 0.6) is 0 Å². The molecule has 8 heteroatoms. The monoisotopic (exact) mass is 508 g/mol. The minimum Gasteiger partial charge on any atom is -0.390 e. The van der Waals surface area contributed by atoms with Crippen LogP contribution in [0.25, 0.3) is 11.3 Å². The number of aliphatic hydroxyl groups is 1. The van der Waals surface area contributed by atoms with Gasteiger partial charge in [0.1, 0.15) is 17.3 Å². The Morgan fingerprint density at radius 2 is 1.86 bits per heavy atom. The van der Waals surface area contributed by atoms with Gasteiger partial charge in [-0.2, -0.15) is 0 Å². The molecule has 0 bridgehead atoms. The number of aliphatic hydroxyl groups excluding tert-OH is 1. The molecular formula is C29H40N4O4. The first-order chi connectivity index (χ1) is 18.0. The zero-order valence-corrected chi connectivity index (χ0v) is 21.9. The van der Waals surface area contributed by atoms with Gasteiger partial charge in [-0.3, -0.25) is 14.5 Å². The Labute approximate surface area is 219 Å². The van der Waals surface area contributed by atoms with Gasteiger partial charge < -0.3 is 19.8 Å². The summed E-state index contributed by atoms with van der Waals surface area (Å²) in [7, 11) is 0. The summed E-state index contributed by atoms with van der Waals surface area (Å²) in [5.74, 6) is 0.656. The number of carbonyl (C=O) groups excluding carboxylic acids is 2. The highest BCUT2D eigenvalue weighted by Crippen LogP contribution is 2.36. The topological polar surface area (TPSA) is 98.9 Å². The van der Waals surface area contributed by atoms with Crippen molar-refractivity contribution in [2.24, 2.45) is 5.92 Å². The summed E-state index contributed by atoms with van der Waals surface area (Å²) in [6.07, 6.45) is 7.28. The van der Waals surface area contributed by atoms with Gasteiger partial charge in [0.05, 0.1) is 12.6 Å². The lowest BCUT2D eigenvalue weighted by molar-refractivity contribution is -0.166. The van der Waals surface area contributed by atoms with Crippen molar-refractivity contribution in [1.82, 2.24) is 20.3 Å². The van der Waals surface area contributed by atoms with E-state index in [-0.39, 0.29) is 17.7 Å². The van der Waals surface area contributed by atoms with Gasteiger partial charge in [-0.15, -0.1) is 0 Å². The Bertz CT molecular complexity index is 1060. The number of amides is 2. The first-order valence-electron chi connectivity index (χ1n) is 14.1. The van der Waals surface area contributed by atoms with Gasteiger partial charge in [-0.05, 0) is 38.0 Å². The molecule has 2 saturated heterocycles. The summed E-state index contributed by atoms with van der Waals surface area (Å²) in [5.41, 5.74) is 0.987. The maximum Gasteiger partial charge on any atom is 0.248 e. The van der Waals surface area contributed by atoms with Crippen molar-refractivity contribution in [3.05, 3.63) is 42.2 Å². The second-order valence-electron chi connectivity index (χ2n) is 11.0. The van der Waals surface area contributed by atoms with Crippen molar-refractivity contribution in [3.63, 3.8) is 0 Å². The van der Waals surface area contributed by atoms with E-state index >= 15 is 0 Å². The van der Waals surface area contributed by atoms with E-state index in [0.29, 0.717) is 39.0 Å². The van der Waals surface area contributed by atoms with E-state index in [1.165, 1.54) is 6.42 Å². The molecule has 1 aromatic heterocycles. The Balaban J connectivity index is 1.26. The molecule has 2 aliphatic heterocycles. The Morgan fingerprint density at radius 1 is 1.14 bits per heavy atom. The van der Waals surface area contributed by atoms with Crippen LogP contribution >= 0.6 is 0 Å². The number of rotatable bonds is 8. The zero-order valence-electron chi connectivity index (χ0n) is 21.9. The van der Waals surface area contributed by atoms with Crippen LogP contribution in [0.4, 0.5) is 0 Å². The average Bonchev–Trinajstić information content (AvgIpc) is 3.41. The van der Waals surface area contributed by atoms with Crippen LogP contribution in [0.15, 0.2) is 40.9 Å². The minimum absolute atomic E-state index is 0.0783. The van der Waals surface area contributed by atoms with E-state index in [1.54, 1.807) is 0 Å². The number of nitrogens with one attached hydrogen (secondary N) is 1. The lowest BCUT2D eigenvalue weighted by Crippen LogP contribution is -2.75. The van der Waals surface area contributed by atoms with E-state index in [9.17, 15) is 14.7 Å². The van der Waals surface area contributed by atoms with E-state index in [0.717, 1.165) is 55.5 Å². The van der Waals surface area contributed by atoms with Crippen molar-refractivity contribution >= 4 is 11.8 Å². The summed E-state index contributed by atoms with van der Waals surface area (Å²) >= 11 is 0. The van der Waals surface area contributed by atoms with E-state index in [1.807, 2.05) is 41.3 Å². The number of benzene rings is 1. The van der Waals surface area contributed by atoms with E-state index in [4.69, 9.17) is 4.52 Å². The van der Waals surface area contributed by atoms with Crippen LogP contribution in [-0.4, -0.2) is 69.2 Å². The first kappa shape index (κ1) is 25.9. The Hall–Kier alpha value is -2.71.